The van der Waals surface area contributed by atoms with Gasteiger partial charge in [-0.05, 0) is 23.6 Å². The van der Waals surface area contributed by atoms with Gasteiger partial charge in [-0.2, -0.15) is 0 Å². The molecule has 0 bridgehead atoms. The monoisotopic (exact) mass is 321 g/mol. The highest BCUT2D eigenvalue weighted by atomic mass is 32.1. The van der Waals surface area contributed by atoms with Crippen molar-refractivity contribution in [1.82, 2.24) is 16.2 Å². The van der Waals surface area contributed by atoms with Crippen LogP contribution in [0.5, 0.6) is 0 Å². The number of hydrogen-bond donors (Lipinski definition) is 3. The lowest BCUT2D eigenvalue weighted by atomic mass is 10.2. The molecule has 0 aliphatic rings. The van der Waals surface area contributed by atoms with E-state index in [1.165, 1.54) is 29.5 Å². The molecule has 2 rings (SSSR count). The molecule has 114 valence electrons. The van der Waals surface area contributed by atoms with Crippen LogP contribution in [0.15, 0.2) is 41.8 Å². The van der Waals surface area contributed by atoms with Crippen LogP contribution < -0.4 is 16.2 Å². The first-order valence-electron chi connectivity index (χ1n) is 6.23. The van der Waals surface area contributed by atoms with Crippen LogP contribution in [0.25, 0.3) is 0 Å². The van der Waals surface area contributed by atoms with Crippen molar-refractivity contribution in [2.75, 3.05) is 6.54 Å². The molecule has 8 heteroatoms. The number of halogens is 1. The maximum Gasteiger partial charge on any atom is 0.279 e. The normalized spacial score (nSPS) is 9.86. The summed E-state index contributed by atoms with van der Waals surface area (Å²) < 4.78 is 13.4. The van der Waals surface area contributed by atoms with Crippen molar-refractivity contribution in [2.45, 2.75) is 0 Å². The molecule has 3 N–H and O–H groups in total. The Labute approximate surface area is 129 Å². The quantitative estimate of drug-likeness (QED) is 0.736. The van der Waals surface area contributed by atoms with Gasteiger partial charge in [0.1, 0.15) is 5.82 Å². The number of hydrogen-bond acceptors (Lipinski definition) is 4. The molecule has 1 aromatic heterocycles. The summed E-state index contributed by atoms with van der Waals surface area (Å²) in [5.41, 5.74) is 4.20. The molecule has 0 unspecified atom stereocenters. The van der Waals surface area contributed by atoms with Crippen molar-refractivity contribution >= 4 is 29.1 Å². The number of rotatable bonds is 4. The van der Waals surface area contributed by atoms with Crippen LogP contribution in [0.1, 0.15) is 20.0 Å². The van der Waals surface area contributed by atoms with Gasteiger partial charge in [-0.3, -0.25) is 25.2 Å². The molecule has 1 aromatic carbocycles. The van der Waals surface area contributed by atoms with Crippen molar-refractivity contribution in [1.29, 1.82) is 0 Å². The summed E-state index contributed by atoms with van der Waals surface area (Å²) in [4.78, 5) is 35.2. The van der Waals surface area contributed by atoms with Crippen LogP contribution in [0.4, 0.5) is 4.39 Å². The maximum absolute atomic E-state index is 13.4. The molecule has 0 saturated carbocycles. The average Bonchev–Trinajstić information content (AvgIpc) is 3.05. The van der Waals surface area contributed by atoms with E-state index in [2.05, 4.69) is 16.2 Å². The molecule has 0 aliphatic heterocycles. The van der Waals surface area contributed by atoms with E-state index in [1.54, 1.807) is 17.5 Å². The Hall–Kier alpha value is -2.74. The third kappa shape index (κ3) is 4.13. The number of hydrazine groups is 1. The van der Waals surface area contributed by atoms with Gasteiger partial charge < -0.3 is 5.32 Å². The number of amides is 3. The van der Waals surface area contributed by atoms with E-state index in [1.807, 2.05) is 0 Å². The second-order valence-electron chi connectivity index (χ2n) is 4.14. The summed E-state index contributed by atoms with van der Waals surface area (Å²) in [5, 5.41) is 3.99. The predicted molar refractivity (Wildman–Crippen MR) is 78.7 cm³/mol. The highest BCUT2D eigenvalue weighted by Gasteiger charge is 2.12. The predicted octanol–water partition coefficient (Wildman–Crippen LogP) is 1.08. The first kappa shape index (κ1) is 15.6. The number of thiophene rings is 1. The highest BCUT2D eigenvalue weighted by Crippen LogP contribution is 2.07. The molecule has 2 aromatic rings. The summed E-state index contributed by atoms with van der Waals surface area (Å²) >= 11 is 1.23. The van der Waals surface area contributed by atoms with Gasteiger partial charge in [0.25, 0.3) is 17.7 Å². The van der Waals surface area contributed by atoms with Gasteiger partial charge in [0.2, 0.25) is 0 Å². The molecule has 0 atom stereocenters. The van der Waals surface area contributed by atoms with Crippen molar-refractivity contribution < 1.29 is 18.8 Å². The molecular formula is C14H12FN3O3S. The minimum absolute atomic E-state index is 0.155. The number of carbonyl (C=O) groups excluding carboxylic acids is 3. The van der Waals surface area contributed by atoms with Gasteiger partial charge in [-0.15, -0.1) is 11.3 Å². The molecule has 3 amide bonds. The summed E-state index contributed by atoms with van der Waals surface area (Å²) in [7, 11) is 0. The van der Waals surface area contributed by atoms with Crippen molar-refractivity contribution in [2.24, 2.45) is 0 Å². The van der Waals surface area contributed by atoms with E-state index in [4.69, 9.17) is 0 Å². The fraction of sp³-hybridized carbons (Fsp3) is 0.0714. The minimum Gasteiger partial charge on any atom is -0.343 e. The first-order chi connectivity index (χ1) is 10.6. The van der Waals surface area contributed by atoms with Crippen LogP contribution in [0.2, 0.25) is 0 Å². The first-order valence-corrected chi connectivity index (χ1v) is 7.11. The molecule has 0 saturated heterocycles. The smallest absolute Gasteiger partial charge is 0.279 e. The van der Waals surface area contributed by atoms with Crippen LogP contribution in [-0.4, -0.2) is 24.3 Å². The lowest BCUT2D eigenvalue weighted by Crippen LogP contribution is -2.46. The maximum atomic E-state index is 13.4. The van der Waals surface area contributed by atoms with Gasteiger partial charge in [0, 0.05) is 0 Å². The van der Waals surface area contributed by atoms with E-state index < -0.39 is 30.1 Å². The highest BCUT2D eigenvalue weighted by molar-refractivity contribution is 7.12. The molecule has 0 radical (unpaired) electrons. The number of benzene rings is 1. The zero-order valence-corrected chi connectivity index (χ0v) is 12.1. The third-order valence-electron chi connectivity index (χ3n) is 2.59. The number of carbonyl (C=O) groups is 3. The van der Waals surface area contributed by atoms with Crippen molar-refractivity contribution in [3.8, 4) is 0 Å². The van der Waals surface area contributed by atoms with Gasteiger partial charge in [0.15, 0.2) is 0 Å². The molecule has 0 fully saturated rings. The largest absolute Gasteiger partial charge is 0.343 e. The fourth-order valence-electron chi connectivity index (χ4n) is 1.54. The fourth-order valence-corrected chi connectivity index (χ4v) is 2.16. The van der Waals surface area contributed by atoms with E-state index >= 15 is 0 Å². The van der Waals surface area contributed by atoms with E-state index in [0.29, 0.717) is 4.88 Å². The SMILES string of the molecule is O=C(CNC(=O)c1ccccc1F)NNC(=O)c1cccs1. The lowest BCUT2D eigenvalue weighted by Gasteiger charge is -2.08. The average molecular weight is 321 g/mol. The van der Waals surface area contributed by atoms with E-state index in [9.17, 15) is 18.8 Å². The Morgan fingerprint density at radius 3 is 2.45 bits per heavy atom. The third-order valence-corrected chi connectivity index (χ3v) is 3.46. The number of nitrogens with one attached hydrogen (secondary N) is 3. The Kier molecular flexibility index (Phi) is 5.21. The van der Waals surface area contributed by atoms with Crippen LogP contribution in [-0.2, 0) is 4.79 Å². The second-order valence-corrected chi connectivity index (χ2v) is 5.09. The molecule has 22 heavy (non-hydrogen) atoms. The van der Waals surface area contributed by atoms with Crippen LogP contribution in [0, 0.1) is 5.82 Å². The van der Waals surface area contributed by atoms with Crippen molar-refractivity contribution in [3.05, 3.63) is 58.0 Å². The zero-order valence-electron chi connectivity index (χ0n) is 11.3. The molecule has 0 aliphatic carbocycles. The summed E-state index contributed by atoms with van der Waals surface area (Å²) in [5.74, 6) is -2.47. The van der Waals surface area contributed by atoms with E-state index in [-0.39, 0.29) is 5.56 Å². The van der Waals surface area contributed by atoms with Crippen molar-refractivity contribution in [3.63, 3.8) is 0 Å². The summed E-state index contributed by atoms with van der Waals surface area (Å²) in [6.45, 7) is -0.391. The van der Waals surface area contributed by atoms with Gasteiger partial charge >= 0.3 is 0 Å². The Morgan fingerprint density at radius 1 is 1.00 bits per heavy atom. The Balaban J connectivity index is 1.77. The molecular weight excluding hydrogens is 309 g/mol. The van der Waals surface area contributed by atoms with Gasteiger partial charge in [-0.1, -0.05) is 18.2 Å². The standard InChI is InChI=1S/C14H12FN3O3S/c15-10-5-2-1-4-9(10)13(20)16-8-12(19)17-18-14(21)11-6-3-7-22-11/h1-7H,8H2,(H,16,20)(H,17,19)(H,18,21). The summed E-state index contributed by atoms with van der Waals surface area (Å²) in [6.07, 6.45) is 0. The minimum atomic E-state index is -0.710. The van der Waals surface area contributed by atoms with Crippen LogP contribution in [0.3, 0.4) is 0 Å². The molecule has 0 spiro atoms. The molecule has 1 heterocycles. The lowest BCUT2D eigenvalue weighted by molar-refractivity contribution is -0.120. The summed E-state index contributed by atoms with van der Waals surface area (Å²) in [6, 6.07) is 8.73. The second kappa shape index (κ2) is 7.32. The Bertz CT molecular complexity index is 688. The van der Waals surface area contributed by atoms with Crippen LogP contribution >= 0.6 is 11.3 Å². The zero-order chi connectivity index (χ0) is 15.9. The topological polar surface area (TPSA) is 87.3 Å². The molecule has 6 nitrogen and oxygen atoms in total. The van der Waals surface area contributed by atoms with E-state index in [0.717, 1.165) is 6.07 Å². The van der Waals surface area contributed by atoms with Gasteiger partial charge in [0.05, 0.1) is 17.0 Å². The van der Waals surface area contributed by atoms with Gasteiger partial charge in [-0.25, -0.2) is 4.39 Å². The Morgan fingerprint density at radius 2 is 1.77 bits per heavy atom.